The Morgan fingerprint density at radius 3 is 1.88 bits per heavy atom. The van der Waals surface area contributed by atoms with Crippen LogP contribution in [0.15, 0.2) is 30.3 Å². The Labute approximate surface area is 196 Å². The summed E-state index contributed by atoms with van der Waals surface area (Å²) in [5.41, 5.74) is 0.493. The molecule has 1 saturated heterocycles. The lowest BCUT2D eigenvalue weighted by atomic mass is 9.98. The van der Waals surface area contributed by atoms with E-state index in [0.717, 1.165) is 20.8 Å². The molecule has 5 atom stereocenters. The Balaban J connectivity index is 2.26. The highest BCUT2D eigenvalue weighted by Crippen LogP contribution is 2.30. The zero-order chi connectivity index (χ0) is 25.3. The van der Waals surface area contributed by atoms with Gasteiger partial charge in [-0.25, -0.2) is 0 Å². The molecule has 1 aromatic rings. The van der Waals surface area contributed by atoms with Crippen molar-refractivity contribution in [3.8, 4) is 0 Å². The van der Waals surface area contributed by atoms with Crippen LogP contribution in [0.25, 0.3) is 0 Å². The summed E-state index contributed by atoms with van der Waals surface area (Å²) in [4.78, 5) is 59.0. The molecule has 0 aliphatic carbocycles. The minimum absolute atomic E-state index is 0.0170. The van der Waals surface area contributed by atoms with Crippen LogP contribution < -0.4 is 0 Å². The van der Waals surface area contributed by atoms with Gasteiger partial charge in [-0.05, 0) is 0 Å². The van der Waals surface area contributed by atoms with Crippen LogP contribution in [0.3, 0.4) is 0 Å². The molecule has 0 saturated carbocycles. The molecule has 0 N–H and O–H groups in total. The number of esters is 4. The number of carbonyl (C=O) groups excluding carboxylic acids is 5. The first-order valence-corrected chi connectivity index (χ1v) is 10.6. The molecule has 1 aliphatic heterocycles. The van der Waals surface area contributed by atoms with Gasteiger partial charge in [-0.2, -0.15) is 0 Å². The molecule has 11 nitrogen and oxygen atoms in total. The van der Waals surface area contributed by atoms with Gasteiger partial charge in [0.25, 0.3) is 0 Å². The summed E-state index contributed by atoms with van der Waals surface area (Å²) in [6.07, 6.45) is -6.36. The Bertz CT molecular complexity index is 882. The maximum atomic E-state index is 12.4. The van der Waals surface area contributed by atoms with Crippen molar-refractivity contribution < 1.29 is 52.4 Å². The number of rotatable bonds is 10. The van der Waals surface area contributed by atoms with Crippen LogP contribution in [0, 0.1) is 0 Å². The molecular weight excluding hydrogens is 452 g/mol. The van der Waals surface area contributed by atoms with E-state index in [1.807, 2.05) is 0 Å². The smallest absolute Gasteiger partial charge is 0.303 e. The fourth-order valence-electron chi connectivity index (χ4n) is 3.36. The molecule has 186 valence electrons. The summed E-state index contributed by atoms with van der Waals surface area (Å²) in [5.74, 6) is -3.02. The third-order valence-corrected chi connectivity index (χ3v) is 4.66. The molecule has 11 heteroatoms. The first-order chi connectivity index (χ1) is 16.1. The highest BCUT2D eigenvalue weighted by Gasteiger charge is 2.52. The Kier molecular flexibility index (Phi) is 10.1. The van der Waals surface area contributed by atoms with Crippen molar-refractivity contribution in [2.24, 2.45) is 0 Å². The van der Waals surface area contributed by atoms with Crippen LogP contribution in [-0.4, -0.2) is 73.6 Å². The summed E-state index contributed by atoms with van der Waals surface area (Å²) >= 11 is 0. The fraction of sp³-hybridized carbons (Fsp3) is 0.522. The van der Waals surface area contributed by atoms with Gasteiger partial charge < -0.3 is 28.4 Å². The van der Waals surface area contributed by atoms with Crippen LogP contribution >= 0.6 is 0 Å². The summed E-state index contributed by atoms with van der Waals surface area (Å²) in [6, 6.07) is 8.57. The number of hydrogen-bond acceptors (Lipinski definition) is 11. The second-order valence-electron chi connectivity index (χ2n) is 7.48. The molecule has 1 heterocycles. The van der Waals surface area contributed by atoms with Crippen molar-refractivity contribution in [3.63, 3.8) is 0 Å². The van der Waals surface area contributed by atoms with Crippen molar-refractivity contribution in [2.75, 3.05) is 13.2 Å². The van der Waals surface area contributed by atoms with Gasteiger partial charge in [0, 0.05) is 39.7 Å². The van der Waals surface area contributed by atoms with Gasteiger partial charge in [0.2, 0.25) is 0 Å². The summed E-state index contributed by atoms with van der Waals surface area (Å²) in [7, 11) is 0. The second kappa shape index (κ2) is 12.8. The van der Waals surface area contributed by atoms with Gasteiger partial charge in [0.15, 0.2) is 30.4 Å². The van der Waals surface area contributed by atoms with Crippen LogP contribution in [0.4, 0.5) is 0 Å². The van der Waals surface area contributed by atoms with Crippen molar-refractivity contribution in [1.82, 2.24) is 0 Å². The van der Waals surface area contributed by atoms with E-state index < -0.39 is 54.6 Å². The van der Waals surface area contributed by atoms with Crippen LogP contribution in [0.1, 0.15) is 44.5 Å². The normalized spacial score (nSPS) is 23.9. The molecule has 1 aromatic carbocycles. The van der Waals surface area contributed by atoms with Gasteiger partial charge in [0.1, 0.15) is 12.7 Å². The Morgan fingerprint density at radius 2 is 1.32 bits per heavy atom. The van der Waals surface area contributed by atoms with E-state index in [9.17, 15) is 24.0 Å². The third-order valence-electron chi connectivity index (χ3n) is 4.66. The van der Waals surface area contributed by atoms with E-state index >= 15 is 0 Å². The monoisotopic (exact) mass is 480 g/mol. The predicted octanol–water partition coefficient (Wildman–Crippen LogP) is 1.36. The van der Waals surface area contributed by atoms with E-state index in [4.69, 9.17) is 28.4 Å². The molecule has 0 amide bonds. The van der Waals surface area contributed by atoms with E-state index in [-0.39, 0.29) is 25.4 Å². The van der Waals surface area contributed by atoms with Crippen LogP contribution in [-0.2, 0) is 47.6 Å². The van der Waals surface area contributed by atoms with Crippen LogP contribution in [0.2, 0.25) is 0 Å². The maximum Gasteiger partial charge on any atom is 0.303 e. The topological polar surface area (TPSA) is 141 Å². The Hall–Kier alpha value is -3.31. The van der Waals surface area contributed by atoms with Crippen molar-refractivity contribution in [3.05, 3.63) is 35.9 Å². The van der Waals surface area contributed by atoms with Crippen molar-refractivity contribution in [1.29, 1.82) is 0 Å². The lowest BCUT2D eigenvalue weighted by Gasteiger charge is -2.44. The number of hydrogen-bond donors (Lipinski definition) is 0. The molecule has 0 unspecified atom stereocenters. The summed E-state index contributed by atoms with van der Waals surface area (Å²) in [5, 5.41) is 0. The SMILES string of the molecule is CC(=O)OC[C@H]1O[C@@H](OCCC(=O)c2ccccc2)[C@H](OC(C)=O)[C@@H](OC(C)=O)[C@@H]1OC(C)=O. The minimum atomic E-state index is -1.33. The van der Waals surface area contributed by atoms with E-state index in [2.05, 4.69) is 0 Å². The zero-order valence-electron chi connectivity index (χ0n) is 19.4. The third kappa shape index (κ3) is 8.23. The zero-order valence-corrected chi connectivity index (χ0v) is 19.4. The van der Waals surface area contributed by atoms with Crippen LogP contribution in [0.5, 0.6) is 0 Å². The second-order valence-corrected chi connectivity index (χ2v) is 7.48. The van der Waals surface area contributed by atoms with E-state index in [1.54, 1.807) is 30.3 Å². The molecule has 1 aliphatic rings. The number of Topliss-reactive ketones (excluding diaryl/α,β-unsaturated/α-hetero) is 1. The van der Waals surface area contributed by atoms with Gasteiger partial charge in [-0.3, -0.25) is 24.0 Å². The number of benzene rings is 1. The average Bonchev–Trinajstić information content (AvgIpc) is 2.75. The highest BCUT2D eigenvalue weighted by molar-refractivity contribution is 5.96. The quantitative estimate of drug-likeness (QED) is 0.272. The molecule has 0 aromatic heterocycles. The van der Waals surface area contributed by atoms with Gasteiger partial charge in [-0.15, -0.1) is 0 Å². The van der Waals surface area contributed by atoms with Gasteiger partial charge in [0.05, 0.1) is 6.61 Å². The fourth-order valence-corrected chi connectivity index (χ4v) is 3.36. The average molecular weight is 480 g/mol. The molecule has 1 fully saturated rings. The first-order valence-electron chi connectivity index (χ1n) is 10.6. The lowest BCUT2D eigenvalue weighted by Crippen LogP contribution is -2.63. The van der Waals surface area contributed by atoms with E-state index in [0.29, 0.717) is 5.56 Å². The molecule has 0 spiro atoms. The molecular formula is C23H28O11. The molecule has 2 rings (SSSR count). The largest absolute Gasteiger partial charge is 0.463 e. The number of ketones is 1. The minimum Gasteiger partial charge on any atom is -0.463 e. The number of carbonyl (C=O) groups is 5. The highest BCUT2D eigenvalue weighted by atomic mass is 16.7. The summed E-state index contributed by atoms with van der Waals surface area (Å²) < 4.78 is 32.4. The Morgan fingerprint density at radius 1 is 0.765 bits per heavy atom. The number of ether oxygens (including phenoxy) is 6. The predicted molar refractivity (Wildman–Crippen MR) is 113 cm³/mol. The molecule has 34 heavy (non-hydrogen) atoms. The lowest BCUT2D eigenvalue weighted by molar-refractivity contribution is -0.307. The van der Waals surface area contributed by atoms with E-state index in [1.165, 1.54) is 6.92 Å². The molecule has 0 bridgehead atoms. The van der Waals surface area contributed by atoms with Gasteiger partial charge in [-0.1, -0.05) is 30.3 Å². The standard InChI is InChI=1S/C23H28O11/c1-13(24)30-12-19-20(31-14(2)25)21(32-15(3)26)22(33-16(4)27)23(34-19)29-11-10-18(28)17-8-6-5-7-9-17/h5-9,19-23H,10-12H2,1-4H3/t19-,20-,21+,22-,23-/m1/s1. The van der Waals surface area contributed by atoms with Crippen molar-refractivity contribution in [2.45, 2.75) is 64.8 Å². The summed E-state index contributed by atoms with van der Waals surface area (Å²) in [6.45, 7) is 4.08. The van der Waals surface area contributed by atoms with Gasteiger partial charge >= 0.3 is 23.9 Å². The maximum absolute atomic E-state index is 12.4. The van der Waals surface area contributed by atoms with Crippen molar-refractivity contribution >= 4 is 29.7 Å². The first kappa shape index (κ1) is 26.9. The molecule has 0 radical (unpaired) electrons.